The first-order valence-corrected chi connectivity index (χ1v) is 7.78. The molecule has 2 heterocycles. The maximum atomic E-state index is 12.1. The van der Waals surface area contributed by atoms with Crippen LogP contribution in [0.2, 0.25) is 5.02 Å². The van der Waals surface area contributed by atoms with E-state index in [0.29, 0.717) is 5.02 Å². The SMILES string of the molecule is O=C(Cn1cccn1)N[C@H]1CCSc2ccc(Cl)cc21. The number of hydrogen-bond donors (Lipinski definition) is 1. The number of nitrogens with zero attached hydrogens (tertiary/aromatic N) is 2. The summed E-state index contributed by atoms with van der Waals surface area (Å²) >= 11 is 7.86. The Kier molecular flexibility index (Phi) is 3.98. The van der Waals surface area contributed by atoms with Crippen molar-refractivity contribution in [3.8, 4) is 0 Å². The Hall–Kier alpha value is -1.46. The molecule has 0 radical (unpaired) electrons. The van der Waals surface area contributed by atoms with Gasteiger partial charge in [-0.25, -0.2) is 0 Å². The monoisotopic (exact) mass is 307 g/mol. The molecule has 1 N–H and O–H groups in total. The van der Waals surface area contributed by atoms with Gasteiger partial charge in [-0.05, 0) is 36.2 Å². The van der Waals surface area contributed by atoms with E-state index in [4.69, 9.17) is 11.6 Å². The summed E-state index contributed by atoms with van der Waals surface area (Å²) in [5.74, 6) is 0.970. The molecule has 1 aliphatic rings. The van der Waals surface area contributed by atoms with Gasteiger partial charge in [-0.3, -0.25) is 9.48 Å². The Morgan fingerprint density at radius 2 is 2.45 bits per heavy atom. The lowest BCUT2D eigenvalue weighted by atomic mass is 10.0. The summed E-state index contributed by atoms with van der Waals surface area (Å²) in [6.45, 7) is 0.243. The van der Waals surface area contributed by atoms with Crippen molar-refractivity contribution in [3.63, 3.8) is 0 Å². The average molecular weight is 308 g/mol. The van der Waals surface area contributed by atoms with Crippen molar-refractivity contribution in [1.82, 2.24) is 15.1 Å². The van der Waals surface area contributed by atoms with E-state index in [9.17, 15) is 4.79 Å². The lowest BCUT2D eigenvalue weighted by Gasteiger charge is -2.26. The van der Waals surface area contributed by atoms with Crippen molar-refractivity contribution in [2.24, 2.45) is 0 Å². The summed E-state index contributed by atoms with van der Waals surface area (Å²) in [4.78, 5) is 13.3. The first-order valence-electron chi connectivity index (χ1n) is 6.41. The maximum absolute atomic E-state index is 12.1. The van der Waals surface area contributed by atoms with Crippen LogP contribution in [-0.2, 0) is 11.3 Å². The lowest BCUT2D eigenvalue weighted by molar-refractivity contribution is -0.122. The van der Waals surface area contributed by atoms with Crippen LogP contribution in [-0.4, -0.2) is 21.4 Å². The van der Waals surface area contributed by atoms with Crippen LogP contribution in [0, 0.1) is 0 Å². The number of amides is 1. The predicted molar refractivity (Wildman–Crippen MR) is 79.9 cm³/mol. The molecule has 4 nitrogen and oxygen atoms in total. The molecular weight excluding hydrogens is 294 g/mol. The van der Waals surface area contributed by atoms with Crippen molar-refractivity contribution in [2.45, 2.75) is 23.9 Å². The number of carbonyl (C=O) groups excluding carboxylic acids is 1. The Morgan fingerprint density at radius 1 is 1.55 bits per heavy atom. The maximum Gasteiger partial charge on any atom is 0.242 e. The third-order valence-electron chi connectivity index (χ3n) is 3.21. The summed E-state index contributed by atoms with van der Waals surface area (Å²) in [6.07, 6.45) is 4.36. The molecule has 1 aromatic carbocycles. The molecule has 0 saturated heterocycles. The Bertz CT molecular complexity index is 615. The van der Waals surface area contributed by atoms with Crippen molar-refractivity contribution in [3.05, 3.63) is 47.2 Å². The molecule has 3 rings (SSSR count). The average Bonchev–Trinajstić information content (AvgIpc) is 2.92. The summed E-state index contributed by atoms with van der Waals surface area (Å²) < 4.78 is 1.62. The van der Waals surface area contributed by atoms with Gasteiger partial charge in [0.1, 0.15) is 6.54 Å². The van der Waals surface area contributed by atoms with Gasteiger partial charge < -0.3 is 5.32 Å². The first-order chi connectivity index (χ1) is 9.72. The molecular formula is C14H14ClN3OS. The fraction of sp³-hybridized carbons (Fsp3) is 0.286. The molecule has 0 fully saturated rings. The molecule has 0 spiro atoms. The van der Waals surface area contributed by atoms with Crippen molar-refractivity contribution >= 4 is 29.3 Å². The zero-order valence-electron chi connectivity index (χ0n) is 10.8. The van der Waals surface area contributed by atoms with Gasteiger partial charge in [0, 0.05) is 28.1 Å². The molecule has 2 aromatic rings. The minimum absolute atomic E-state index is 0.0310. The van der Waals surface area contributed by atoms with Crippen molar-refractivity contribution in [2.75, 3.05) is 5.75 Å². The van der Waals surface area contributed by atoms with Crippen LogP contribution in [0.1, 0.15) is 18.0 Å². The van der Waals surface area contributed by atoms with Crippen LogP contribution in [0.5, 0.6) is 0 Å². The van der Waals surface area contributed by atoms with E-state index in [2.05, 4.69) is 10.4 Å². The van der Waals surface area contributed by atoms with Gasteiger partial charge in [-0.2, -0.15) is 5.10 Å². The summed E-state index contributed by atoms with van der Waals surface area (Å²) in [7, 11) is 0. The number of rotatable bonds is 3. The second-order valence-corrected chi connectivity index (χ2v) is 6.22. The number of halogens is 1. The Morgan fingerprint density at radius 3 is 3.25 bits per heavy atom. The van der Waals surface area contributed by atoms with Crippen LogP contribution < -0.4 is 5.32 Å². The molecule has 6 heteroatoms. The second-order valence-electron chi connectivity index (χ2n) is 4.64. The molecule has 0 unspecified atom stereocenters. The highest BCUT2D eigenvalue weighted by atomic mass is 35.5. The number of hydrogen-bond acceptors (Lipinski definition) is 3. The highest BCUT2D eigenvalue weighted by Gasteiger charge is 2.22. The number of fused-ring (bicyclic) bond motifs is 1. The third kappa shape index (κ3) is 2.99. The van der Waals surface area contributed by atoms with E-state index in [1.807, 2.05) is 18.2 Å². The molecule has 1 aliphatic heterocycles. The standard InChI is InChI=1S/C14H14ClN3OS/c15-10-2-3-13-11(8-10)12(4-7-20-13)17-14(19)9-18-6-1-5-16-18/h1-3,5-6,8,12H,4,7,9H2,(H,17,19)/t12-/m0/s1. The summed E-state index contributed by atoms with van der Waals surface area (Å²) in [6, 6.07) is 7.70. The van der Waals surface area contributed by atoms with Crippen LogP contribution in [0.3, 0.4) is 0 Å². The number of aromatic nitrogens is 2. The molecule has 20 heavy (non-hydrogen) atoms. The predicted octanol–water partition coefficient (Wildman–Crippen LogP) is 2.89. The Balaban J connectivity index is 1.72. The third-order valence-corrected chi connectivity index (χ3v) is 4.57. The molecule has 0 saturated carbocycles. The fourth-order valence-corrected chi connectivity index (χ4v) is 3.58. The van der Waals surface area contributed by atoms with Crippen LogP contribution in [0.25, 0.3) is 0 Å². The highest BCUT2D eigenvalue weighted by Crippen LogP contribution is 2.37. The van der Waals surface area contributed by atoms with Crippen LogP contribution in [0.15, 0.2) is 41.6 Å². The molecule has 0 bridgehead atoms. The van der Waals surface area contributed by atoms with Gasteiger partial charge in [-0.15, -0.1) is 11.8 Å². The topological polar surface area (TPSA) is 46.9 Å². The van der Waals surface area contributed by atoms with Gasteiger partial charge in [0.15, 0.2) is 0 Å². The Labute approximate surface area is 126 Å². The van der Waals surface area contributed by atoms with Crippen molar-refractivity contribution < 1.29 is 4.79 Å². The van der Waals surface area contributed by atoms with E-state index < -0.39 is 0 Å². The second kappa shape index (κ2) is 5.89. The first kappa shape index (κ1) is 13.5. The zero-order chi connectivity index (χ0) is 13.9. The van der Waals surface area contributed by atoms with Gasteiger partial charge in [0.25, 0.3) is 0 Å². The lowest BCUT2D eigenvalue weighted by Crippen LogP contribution is -2.33. The minimum Gasteiger partial charge on any atom is -0.348 e. The van der Waals surface area contributed by atoms with E-state index in [0.717, 1.165) is 17.7 Å². The minimum atomic E-state index is -0.0310. The summed E-state index contributed by atoms with van der Waals surface area (Å²) in [5, 5.41) is 7.81. The largest absolute Gasteiger partial charge is 0.348 e. The normalized spacial score (nSPS) is 17.6. The summed E-state index contributed by atoms with van der Waals surface area (Å²) in [5.41, 5.74) is 1.11. The quantitative estimate of drug-likeness (QED) is 0.948. The van der Waals surface area contributed by atoms with E-state index in [-0.39, 0.29) is 18.5 Å². The zero-order valence-corrected chi connectivity index (χ0v) is 12.3. The van der Waals surface area contributed by atoms with Gasteiger partial charge >= 0.3 is 0 Å². The van der Waals surface area contributed by atoms with Crippen LogP contribution >= 0.6 is 23.4 Å². The fourth-order valence-electron chi connectivity index (χ4n) is 2.30. The van der Waals surface area contributed by atoms with Gasteiger partial charge in [0.2, 0.25) is 5.91 Å². The molecule has 1 aromatic heterocycles. The van der Waals surface area contributed by atoms with Crippen molar-refractivity contribution in [1.29, 1.82) is 0 Å². The molecule has 0 aliphatic carbocycles. The molecule has 104 valence electrons. The molecule has 1 amide bonds. The number of thioether (sulfide) groups is 1. The van der Waals surface area contributed by atoms with Gasteiger partial charge in [0.05, 0.1) is 6.04 Å². The number of nitrogens with one attached hydrogen (secondary N) is 1. The highest BCUT2D eigenvalue weighted by molar-refractivity contribution is 7.99. The number of benzene rings is 1. The van der Waals surface area contributed by atoms with E-state index >= 15 is 0 Å². The molecule has 1 atom stereocenters. The smallest absolute Gasteiger partial charge is 0.242 e. The number of carbonyl (C=O) groups is 1. The van der Waals surface area contributed by atoms with Crippen LogP contribution in [0.4, 0.5) is 0 Å². The van der Waals surface area contributed by atoms with E-state index in [1.165, 1.54) is 4.90 Å². The van der Waals surface area contributed by atoms with E-state index in [1.54, 1.807) is 34.9 Å². The van der Waals surface area contributed by atoms with Gasteiger partial charge in [-0.1, -0.05) is 11.6 Å².